The molecule has 0 aliphatic heterocycles. The summed E-state index contributed by atoms with van der Waals surface area (Å²) in [7, 11) is 0. The Balaban J connectivity index is 2.35. The first-order valence-electron chi connectivity index (χ1n) is 7.76. The SMILES string of the molecule is C=C(C)C(=O)OCCOC(CC)Oc1ccc(CCC)cc1. The molecule has 4 heteroatoms. The summed E-state index contributed by atoms with van der Waals surface area (Å²) in [6.07, 6.45) is 2.57. The minimum Gasteiger partial charge on any atom is -0.465 e. The second kappa shape index (κ2) is 10.0. The fraction of sp³-hybridized carbons (Fsp3) is 0.500. The van der Waals surface area contributed by atoms with Gasteiger partial charge in [-0.15, -0.1) is 0 Å². The molecule has 122 valence electrons. The van der Waals surface area contributed by atoms with E-state index in [1.807, 2.05) is 19.1 Å². The van der Waals surface area contributed by atoms with Crippen LogP contribution in [0.3, 0.4) is 0 Å². The van der Waals surface area contributed by atoms with Gasteiger partial charge in [-0.2, -0.15) is 0 Å². The number of esters is 1. The Morgan fingerprint density at radius 2 is 1.86 bits per heavy atom. The molecular weight excluding hydrogens is 280 g/mol. The van der Waals surface area contributed by atoms with Crippen molar-refractivity contribution >= 4 is 5.97 Å². The lowest BCUT2D eigenvalue weighted by molar-refractivity contribution is -0.144. The second-order valence-electron chi connectivity index (χ2n) is 5.14. The summed E-state index contributed by atoms with van der Waals surface area (Å²) in [5.74, 6) is 0.384. The van der Waals surface area contributed by atoms with Gasteiger partial charge in [-0.05, 0) is 31.0 Å². The third kappa shape index (κ3) is 6.76. The van der Waals surface area contributed by atoms with Gasteiger partial charge < -0.3 is 14.2 Å². The number of carbonyl (C=O) groups is 1. The monoisotopic (exact) mass is 306 g/mol. The van der Waals surface area contributed by atoms with Crippen LogP contribution in [-0.4, -0.2) is 25.5 Å². The Bertz CT molecular complexity index is 464. The van der Waals surface area contributed by atoms with E-state index in [1.54, 1.807) is 6.92 Å². The first-order chi connectivity index (χ1) is 10.6. The van der Waals surface area contributed by atoms with Crippen molar-refractivity contribution in [3.8, 4) is 5.75 Å². The molecule has 0 N–H and O–H groups in total. The second-order valence-corrected chi connectivity index (χ2v) is 5.14. The van der Waals surface area contributed by atoms with Crippen LogP contribution in [0.4, 0.5) is 0 Å². The molecule has 0 aliphatic rings. The molecule has 1 atom stereocenters. The van der Waals surface area contributed by atoms with Gasteiger partial charge in [-0.3, -0.25) is 0 Å². The highest BCUT2D eigenvalue weighted by Gasteiger charge is 2.09. The van der Waals surface area contributed by atoms with Gasteiger partial charge in [-0.1, -0.05) is 39.0 Å². The lowest BCUT2D eigenvalue weighted by atomic mass is 10.1. The summed E-state index contributed by atoms with van der Waals surface area (Å²) < 4.78 is 16.3. The van der Waals surface area contributed by atoms with E-state index in [4.69, 9.17) is 14.2 Å². The molecule has 1 aromatic rings. The van der Waals surface area contributed by atoms with Crippen molar-refractivity contribution in [1.82, 2.24) is 0 Å². The quantitative estimate of drug-likeness (QED) is 0.285. The summed E-state index contributed by atoms with van der Waals surface area (Å²) in [6, 6.07) is 8.05. The largest absolute Gasteiger partial charge is 0.465 e. The molecule has 0 bridgehead atoms. The normalized spacial score (nSPS) is 11.8. The Hall–Kier alpha value is -1.81. The maximum atomic E-state index is 11.2. The Morgan fingerprint density at radius 3 is 2.41 bits per heavy atom. The summed E-state index contributed by atoms with van der Waals surface area (Å²) >= 11 is 0. The van der Waals surface area contributed by atoms with Crippen LogP contribution < -0.4 is 4.74 Å². The van der Waals surface area contributed by atoms with Crippen LogP contribution in [0, 0.1) is 0 Å². The number of carbonyl (C=O) groups excluding carboxylic acids is 1. The van der Waals surface area contributed by atoms with Gasteiger partial charge in [-0.25, -0.2) is 4.79 Å². The highest BCUT2D eigenvalue weighted by molar-refractivity contribution is 5.86. The summed E-state index contributed by atoms with van der Waals surface area (Å²) in [4.78, 5) is 11.2. The molecule has 0 amide bonds. The molecule has 0 aromatic heterocycles. The minimum atomic E-state index is -0.399. The molecule has 0 saturated heterocycles. The number of hydrogen-bond donors (Lipinski definition) is 0. The zero-order valence-corrected chi connectivity index (χ0v) is 13.8. The summed E-state index contributed by atoms with van der Waals surface area (Å²) in [5.41, 5.74) is 1.69. The van der Waals surface area contributed by atoms with Gasteiger partial charge in [0.2, 0.25) is 0 Å². The van der Waals surface area contributed by atoms with Crippen LogP contribution >= 0.6 is 0 Å². The van der Waals surface area contributed by atoms with Gasteiger partial charge in [0.15, 0.2) is 6.29 Å². The number of hydrogen-bond acceptors (Lipinski definition) is 4. The predicted octanol–water partition coefficient (Wildman–Crippen LogP) is 3.89. The first-order valence-corrected chi connectivity index (χ1v) is 7.76. The van der Waals surface area contributed by atoms with Crippen molar-refractivity contribution in [3.05, 3.63) is 42.0 Å². The van der Waals surface area contributed by atoms with E-state index in [0.29, 0.717) is 18.6 Å². The molecule has 0 aliphatic carbocycles. The molecule has 0 radical (unpaired) electrons. The van der Waals surface area contributed by atoms with E-state index in [9.17, 15) is 4.79 Å². The standard InChI is InChI=1S/C18H26O4/c1-5-7-15-8-10-16(11-9-15)22-17(6-2)20-12-13-21-18(19)14(3)4/h8-11,17H,3,5-7,12-13H2,1-2,4H3. The van der Waals surface area contributed by atoms with E-state index in [-0.39, 0.29) is 12.9 Å². The van der Waals surface area contributed by atoms with Crippen LogP contribution in [0.2, 0.25) is 0 Å². The lowest BCUT2D eigenvalue weighted by Gasteiger charge is -2.18. The van der Waals surface area contributed by atoms with Gasteiger partial charge in [0, 0.05) is 12.0 Å². The summed E-state index contributed by atoms with van der Waals surface area (Å²) in [5, 5.41) is 0. The Labute approximate surface area is 133 Å². The fourth-order valence-electron chi connectivity index (χ4n) is 1.85. The van der Waals surface area contributed by atoms with Crippen LogP contribution in [0.1, 0.15) is 39.2 Å². The van der Waals surface area contributed by atoms with Crippen molar-refractivity contribution in [1.29, 1.82) is 0 Å². The molecule has 0 saturated carbocycles. The molecule has 1 unspecified atom stereocenters. The van der Waals surface area contributed by atoms with Crippen molar-refractivity contribution in [2.75, 3.05) is 13.2 Å². The molecule has 4 nitrogen and oxygen atoms in total. The summed E-state index contributed by atoms with van der Waals surface area (Å²) in [6.45, 7) is 9.77. The van der Waals surface area contributed by atoms with Crippen LogP contribution in [0.5, 0.6) is 5.75 Å². The Kier molecular flexibility index (Phi) is 8.30. The van der Waals surface area contributed by atoms with E-state index in [0.717, 1.165) is 18.6 Å². The van der Waals surface area contributed by atoms with Crippen molar-refractivity contribution in [3.63, 3.8) is 0 Å². The van der Waals surface area contributed by atoms with E-state index in [1.165, 1.54) is 5.56 Å². The molecule has 1 rings (SSSR count). The highest BCUT2D eigenvalue weighted by atomic mass is 16.7. The van der Waals surface area contributed by atoms with E-state index in [2.05, 4.69) is 25.6 Å². The number of benzene rings is 1. The number of ether oxygens (including phenoxy) is 3. The van der Waals surface area contributed by atoms with E-state index < -0.39 is 5.97 Å². The fourth-order valence-corrected chi connectivity index (χ4v) is 1.85. The molecule has 1 aromatic carbocycles. The first kappa shape index (κ1) is 18.2. The smallest absolute Gasteiger partial charge is 0.333 e. The third-order valence-electron chi connectivity index (χ3n) is 3.03. The third-order valence-corrected chi connectivity index (χ3v) is 3.03. The van der Waals surface area contributed by atoms with Gasteiger partial charge >= 0.3 is 5.97 Å². The zero-order chi connectivity index (χ0) is 16.4. The minimum absolute atomic E-state index is 0.195. The zero-order valence-electron chi connectivity index (χ0n) is 13.8. The Morgan fingerprint density at radius 1 is 1.18 bits per heavy atom. The maximum Gasteiger partial charge on any atom is 0.333 e. The maximum absolute atomic E-state index is 11.2. The average Bonchev–Trinajstić information content (AvgIpc) is 2.51. The van der Waals surface area contributed by atoms with Gasteiger partial charge in [0.25, 0.3) is 0 Å². The lowest BCUT2D eigenvalue weighted by Crippen LogP contribution is -2.22. The van der Waals surface area contributed by atoms with Gasteiger partial charge in [0.05, 0.1) is 6.61 Å². The molecule has 0 heterocycles. The van der Waals surface area contributed by atoms with Crippen LogP contribution in [-0.2, 0) is 20.7 Å². The predicted molar refractivity (Wildman–Crippen MR) is 86.9 cm³/mol. The average molecular weight is 306 g/mol. The van der Waals surface area contributed by atoms with Gasteiger partial charge in [0.1, 0.15) is 12.4 Å². The molecule has 22 heavy (non-hydrogen) atoms. The molecule has 0 spiro atoms. The molecule has 0 fully saturated rings. The van der Waals surface area contributed by atoms with Crippen LogP contribution in [0.25, 0.3) is 0 Å². The number of aryl methyl sites for hydroxylation is 1. The van der Waals surface area contributed by atoms with Crippen molar-refractivity contribution < 1.29 is 19.0 Å². The highest BCUT2D eigenvalue weighted by Crippen LogP contribution is 2.16. The topological polar surface area (TPSA) is 44.8 Å². The van der Waals surface area contributed by atoms with Crippen LogP contribution in [0.15, 0.2) is 36.4 Å². The van der Waals surface area contributed by atoms with Crippen molar-refractivity contribution in [2.45, 2.75) is 46.3 Å². The van der Waals surface area contributed by atoms with E-state index >= 15 is 0 Å². The molecular formula is C18H26O4. The number of rotatable bonds is 10. The van der Waals surface area contributed by atoms with Crippen molar-refractivity contribution in [2.24, 2.45) is 0 Å².